The number of aromatic nitrogens is 1. The van der Waals surface area contributed by atoms with Crippen molar-refractivity contribution < 1.29 is 23.4 Å². The number of halogens is 2. The van der Waals surface area contributed by atoms with Gasteiger partial charge >= 0.3 is 0 Å². The van der Waals surface area contributed by atoms with Gasteiger partial charge in [-0.2, -0.15) is 0 Å². The van der Waals surface area contributed by atoms with Crippen LogP contribution in [0.2, 0.25) is 0 Å². The minimum absolute atomic E-state index is 0.140. The lowest BCUT2D eigenvalue weighted by atomic mass is 10.1. The summed E-state index contributed by atoms with van der Waals surface area (Å²) < 4.78 is 29.4. The van der Waals surface area contributed by atoms with Crippen LogP contribution in [0.4, 0.5) is 8.78 Å². The zero-order valence-corrected chi connectivity index (χ0v) is 7.20. The minimum atomic E-state index is -2.93. The van der Waals surface area contributed by atoms with Crippen molar-refractivity contribution in [3.8, 4) is 11.6 Å². The lowest BCUT2D eigenvalue weighted by molar-refractivity contribution is 0.110. The third kappa shape index (κ3) is 1.63. The molecular formula is C8H7F2NO3. The summed E-state index contributed by atoms with van der Waals surface area (Å²) in [5.74, 6) is -0.948. The smallest absolute Gasteiger partial charge is 0.269 e. The SMILES string of the molecule is COc1ncc(O)c(C=O)c1C(F)F. The van der Waals surface area contributed by atoms with E-state index in [0.717, 1.165) is 13.3 Å². The zero-order chi connectivity index (χ0) is 10.7. The van der Waals surface area contributed by atoms with Crippen LogP contribution in [-0.2, 0) is 0 Å². The van der Waals surface area contributed by atoms with Crippen LogP contribution in [-0.4, -0.2) is 23.5 Å². The highest BCUT2D eigenvalue weighted by Crippen LogP contribution is 2.33. The van der Waals surface area contributed by atoms with Gasteiger partial charge in [-0.05, 0) is 0 Å². The predicted octanol–water partition coefficient (Wildman–Crippen LogP) is 1.55. The van der Waals surface area contributed by atoms with Gasteiger partial charge in [-0.1, -0.05) is 0 Å². The molecule has 0 aliphatic heterocycles. The van der Waals surface area contributed by atoms with Gasteiger partial charge in [0.15, 0.2) is 6.29 Å². The zero-order valence-electron chi connectivity index (χ0n) is 7.20. The molecule has 0 aromatic carbocycles. The van der Waals surface area contributed by atoms with Gasteiger partial charge in [-0.15, -0.1) is 0 Å². The molecule has 1 aromatic heterocycles. The molecule has 76 valence electrons. The van der Waals surface area contributed by atoms with Crippen LogP contribution < -0.4 is 4.74 Å². The summed E-state index contributed by atoms with van der Waals surface area (Å²) in [6, 6.07) is 0. The van der Waals surface area contributed by atoms with E-state index in [0.29, 0.717) is 0 Å². The summed E-state index contributed by atoms with van der Waals surface area (Å²) in [6.07, 6.45) is -1.90. The molecule has 0 amide bonds. The second-order valence-corrected chi connectivity index (χ2v) is 2.40. The Morgan fingerprint density at radius 3 is 2.71 bits per heavy atom. The number of hydrogen-bond donors (Lipinski definition) is 1. The van der Waals surface area contributed by atoms with Gasteiger partial charge in [0, 0.05) is 0 Å². The van der Waals surface area contributed by atoms with Crippen molar-refractivity contribution in [2.45, 2.75) is 6.43 Å². The van der Waals surface area contributed by atoms with E-state index in [2.05, 4.69) is 9.72 Å². The standard InChI is InChI=1S/C8H7F2NO3/c1-14-8-6(7(9)10)4(3-12)5(13)2-11-8/h2-3,7,13H,1H3. The second-order valence-electron chi connectivity index (χ2n) is 2.40. The molecule has 0 unspecified atom stereocenters. The van der Waals surface area contributed by atoms with Gasteiger partial charge in [-0.3, -0.25) is 4.79 Å². The fraction of sp³-hybridized carbons (Fsp3) is 0.250. The van der Waals surface area contributed by atoms with Gasteiger partial charge in [0.25, 0.3) is 6.43 Å². The van der Waals surface area contributed by atoms with Crippen LogP contribution in [0.1, 0.15) is 22.3 Å². The Morgan fingerprint density at radius 2 is 2.29 bits per heavy atom. The molecule has 14 heavy (non-hydrogen) atoms. The van der Waals surface area contributed by atoms with Gasteiger partial charge in [0.05, 0.1) is 24.4 Å². The van der Waals surface area contributed by atoms with E-state index >= 15 is 0 Å². The van der Waals surface area contributed by atoms with Gasteiger partial charge in [-0.25, -0.2) is 13.8 Å². The molecule has 1 heterocycles. The lowest BCUT2D eigenvalue weighted by Crippen LogP contribution is -2.01. The van der Waals surface area contributed by atoms with Gasteiger partial charge in [0.2, 0.25) is 5.88 Å². The Hall–Kier alpha value is -1.72. The number of methoxy groups -OCH3 is 1. The predicted molar refractivity (Wildman–Crippen MR) is 42.8 cm³/mol. The molecule has 0 spiro atoms. The highest BCUT2D eigenvalue weighted by atomic mass is 19.3. The van der Waals surface area contributed by atoms with E-state index in [-0.39, 0.29) is 12.2 Å². The van der Waals surface area contributed by atoms with E-state index in [9.17, 15) is 13.6 Å². The Balaban J connectivity index is 3.43. The molecule has 1 rings (SSSR count). The maximum Gasteiger partial charge on any atom is 0.269 e. The average molecular weight is 203 g/mol. The molecule has 0 atom stereocenters. The van der Waals surface area contributed by atoms with Crippen LogP contribution in [0, 0.1) is 0 Å². The number of carbonyl (C=O) groups excluding carboxylic acids is 1. The second kappa shape index (κ2) is 3.99. The molecule has 0 saturated heterocycles. The van der Waals surface area contributed by atoms with Crippen LogP contribution in [0.5, 0.6) is 11.6 Å². The fourth-order valence-corrected chi connectivity index (χ4v) is 1.01. The molecule has 6 heteroatoms. The van der Waals surface area contributed by atoms with Crippen LogP contribution in [0.25, 0.3) is 0 Å². The topological polar surface area (TPSA) is 59.4 Å². The minimum Gasteiger partial charge on any atom is -0.506 e. The number of aldehydes is 1. The first-order valence-electron chi connectivity index (χ1n) is 3.61. The number of carbonyl (C=O) groups is 1. The van der Waals surface area contributed by atoms with E-state index in [1.807, 2.05) is 0 Å². The maximum atomic E-state index is 12.5. The van der Waals surface area contributed by atoms with Gasteiger partial charge in [0.1, 0.15) is 5.75 Å². The number of ether oxygens (including phenoxy) is 1. The monoisotopic (exact) mass is 203 g/mol. The first-order valence-corrected chi connectivity index (χ1v) is 3.61. The van der Waals surface area contributed by atoms with E-state index < -0.39 is 23.3 Å². The third-order valence-corrected chi connectivity index (χ3v) is 1.63. The Bertz CT molecular complexity index is 355. The first kappa shape index (κ1) is 10.4. The van der Waals surface area contributed by atoms with E-state index in [4.69, 9.17) is 5.11 Å². The molecular weight excluding hydrogens is 196 g/mol. The number of rotatable bonds is 3. The number of pyridine rings is 1. The van der Waals surface area contributed by atoms with Crippen molar-refractivity contribution in [1.82, 2.24) is 4.98 Å². The first-order chi connectivity index (χ1) is 6.61. The summed E-state index contributed by atoms with van der Waals surface area (Å²) in [6.45, 7) is 0. The van der Waals surface area contributed by atoms with Crippen molar-refractivity contribution >= 4 is 6.29 Å². The Morgan fingerprint density at radius 1 is 1.64 bits per heavy atom. The average Bonchev–Trinajstić information content (AvgIpc) is 2.17. The number of aromatic hydroxyl groups is 1. The molecule has 0 fully saturated rings. The number of hydrogen-bond acceptors (Lipinski definition) is 4. The molecule has 0 saturated carbocycles. The molecule has 1 N–H and O–H groups in total. The summed E-state index contributed by atoms with van der Waals surface area (Å²) in [5.41, 5.74) is -1.19. The normalized spacial score (nSPS) is 10.3. The Labute approximate surface area is 78.1 Å². The van der Waals surface area contributed by atoms with Crippen molar-refractivity contribution in [2.24, 2.45) is 0 Å². The summed E-state index contributed by atoms with van der Waals surface area (Å²) in [5, 5.41) is 9.08. The highest BCUT2D eigenvalue weighted by molar-refractivity contribution is 5.82. The van der Waals surface area contributed by atoms with E-state index in [1.165, 1.54) is 0 Å². The molecule has 4 nitrogen and oxygen atoms in total. The van der Waals surface area contributed by atoms with Crippen molar-refractivity contribution in [3.05, 3.63) is 17.3 Å². The van der Waals surface area contributed by atoms with Gasteiger partial charge < -0.3 is 9.84 Å². The lowest BCUT2D eigenvalue weighted by Gasteiger charge is -2.09. The molecule has 0 aliphatic carbocycles. The number of alkyl halides is 2. The van der Waals surface area contributed by atoms with Crippen LogP contribution in [0.15, 0.2) is 6.20 Å². The molecule has 0 aliphatic rings. The fourth-order valence-electron chi connectivity index (χ4n) is 1.01. The summed E-state index contributed by atoms with van der Waals surface area (Å²) >= 11 is 0. The van der Waals surface area contributed by atoms with Crippen molar-refractivity contribution in [2.75, 3.05) is 7.11 Å². The molecule has 0 bridgehead atoms. The van der Waals surface area contributed by atoms with E-state index in [1.54, 1.807) is 0 Å². The van der Waals surface area contributed by atoms with Crippen molar-refractivity contribution in [3.63, 3.8) is 0 Å². The largest absolute Gasteiger partial charge is 0.506 e. The summed E-state index contributed by atoms with van der Waals surface area (Å²) in [7, 11) is 1.15. The molecule has 0 radical (unpaired) electrons. The maximum absolute atomic E-state index is 12.5. The Kier molecular flexibility index (Phi) is 2.95. The number of nitrogens with zero attached hydrogens (tertiary/aromatic N) is 1. The summed E-state index contributed by atoms with van der Waals surface area (Å²) in [4.78, 5) is 13.9. The highest BCUT2D eigenvalue weighted by Gasteiger charge is 2.22. The van der Waals surface area contributed by atoms with Crippen LogP contribution in [0.3, 0.4) is 0 Å². The molecule has 1 aromatic rings. The quantitative estimate of drug-likeness (QED) is 0.757. The third-order valence-electron chi connectivity index (χ3n) is 1.63. The van der Waals surface area contributed by atoms with Crippen LogP contribution >= 0.6 is 0 Å². The van der Waals surface area contributed by atoms with Crippen molar-refractivity contribution in [1.29, 1.82) is 0 Å².